The van der Waals surface area contributed by atoms with Crippen LogP contribution in [-0.4, -0.2) is 30.5 Å². The highest BCUT2D eigenvalue weighted by atomic mass is 19.3. The second-order valence-electron chi connectivity index (χ2n) is 4.63. The van der Waals surface area contributed by atoms with Gasteiger partial charge in [-0.25, -0.2) is 8.78 Å². The molecule has 0 heterocycles. The molecule has 0 aromatic heterocycles. The van der Waals surface area contributed by atoms with Crippen LogP contribution in [0.4, 0.5) is 8.78 Å². The Hall–Kier alpha value is -0.710. The molecule has 0 aliphatic heterocycles. The van der Waals surface area contributed by atoms with Crippen LogP contribution < -0.4 is 10.6 Å². The smallest absolute Gasteiger partial charge is 0.253 e. The first kappa shape index (κ1) is 14.3. The van der Waals surface area contributed by atoms with Gasteiger partial charge < -0.3 is 10.6 Å². The first-order chi connectivity index (χ1) is 6.72. The average Bonchev–Trinajstić information content (AvgIpc) is 2.00. The molecule has 1 unspecified atom stereocenters. The molecule has 1 atom stereocenters. The van der Waals surface area contributed by atoms with Crippen molar-refractivity contribution in [3.63, 3.8) is 0 Å². The van der Waals surface area contributed by atoms with Crippen molar-refractivity contribution in [3.8, 4) is 0 Å². The monoisotopic (exact) mass is 222 g/mol. The van der Waals surface area contributed by atoms with Crippen molar-refractivity contribution in [2.45, 2.75) is 52.1 Å². The fourth-order valence-electron chi connectivity index (χ4n) is 0.983. The van der Waals surface area contributed by atoms with E-state index in [4.69, 9.17) is 0 Å². The van der Waals surface area contributed by atoms with Gasteiger partial charge >= 0.3 is 0 Å². The summed E-state index contributed by atoms with van der Waals surface area (Å²) in [7, 11) is 0. The van der Waals surface area contributed by atoms with E-state index in [-0.39, 0.29) is 24.4 Å². The van der Waals surface area contributed by atoms with Gasteiger partial charge in [-0.3, -0.25) is 4.79 Å². The third-order valence-electron chi connectivity index (χ3n) is 1.71. The van der Waals surface area contributed by atoms with Crippen molar-refractivity contribution in [3.05, 3.63) is 0 Å². The van der Waals surface area contributed by atoms with Crippen LogP contribution in [0.25, 0.3) is 0 Å². The predicted molar refractivity (Wildman–Crippen MR) is 56.0 cm³/mol. The summed E-state index contributed by atoms with van der Waals surface area (Å²) in [6.45, 7) is 7.29. The van der Waals surface area contributed by atoms with Crippen molar-refractivity contribution >= 4 is 5.91 Å². The zero-order valence-corrected chi connectivity index (χ0v) is 9.73. The lowest BCUT2D eigenvalue weighted by molar-refractivity contribution is -0.122. The molecule has 2 N–H and O–H groups in total. The minimum absolute atomic E-state index is 0.128. The van der Waals surface area contributed by atoms with Crippen molar-refractivity contribution in [1.29, 1.82) is 0 Å². The maximum atomic E-state index is 12.1. The highest BCUT2D eigenvalue weighted by Gasteiger charge is 2.15. The Morgan fingerprint density at radius 3 is 2.27 bits per heavy atom. The first-order valence-electron chi connectivity index (χ1n) is 5.05. The fraction of sp³-hybridized carbons (Fsp3) is 0.900. The fourth-order valence-corrected chi connectivity index (χ4v) is 0.983. The lowest BCUT2D eigenvalue weighted by Gasteiger charge is -2.21. The van der Waals surface area contributed by atoms with Gasteiger partial charge in [0.25, 0.3) is 6.43 Å². The molecule has 0 aliphatic carbocycles. The van der Waals surface area contributed by atoms with Gasteiger partial charge in [0, 0.05) is 18.5 Å². The number of hydrogen-bond donors (Lipinski definition) is 2. The summed E-state index contributed by atoms with van der Waals surface area (Å²) in [5, 5.41) is 5.34. The number of carbonyl (C=O) groups excluding carboxylic acids is 1. The SMILES string of the molecule is CC(NCCC(=O)NC(C)(C)C)C(F)F. The van der Waals surface area contributed by atoms with Gasteiger partial charge in [0.1, 0.15) is 0 Å². The number of alkyl halides is 2. The first-order valence-corrected chi connectivity index (χ1v) is 5.05. The molecule has 0 radical (unpaired) electrons. The number of halogens is 2. The second-order valence-corrected chi connectivity index (χ2v) is 4.63. The topological polar surface area (TPSA) is 41.1 Å². The Kier molecular flexibility index (Phi) is 5.72. The van der Waals surface area contributed by atoms with Gasteiger partial charge in [-0.15, -0.1) is 0 Å². The minimum Gasteiger partial charge on any atom is -0.351 e. The standard InChI is InChI=1S/C10H20F2N2O/c1-7(9(11)12)13-6-5-8(15)14-10(2,3)4/h7,9,13H,5-6H2,1-4H3,(H,14,15). The zero-order chi connectivity index (χ0) is 12.1. The number of rotatable bonds is 5. The largest absolute Gasteiger partial charge is 0.351 e. The van der Waals surface area contributed by atoms with Gasteiger partial charge in [0.2, 0.25) is 5.91 Å². The normalized spacial score (nSPS) is 14.1. The lowest BCUT2D eigenvalue weighted by atomic mass is 10.1. The molecule has 15 heavy (non-hydrogen) atoms. The summed E-state index contributed by atoms with van der Waals surface area (Å²) < 4.78 is 24.1. The highest BCUT2D eigenvalue weighted by Crippen LogP contribution is 2.00. The predicted octanol–water partition coefficient (Wildman–Crippen LogP) is 1.53. The number of amides is 1. The molecule has 0 saturated carbocycles. The van der Waals surface area contributed by atoms with Crippen molar-refractivity contribution in [2.24, 2.45) is 0 Å². The maximum Gasteiger partial charge on any atom is 0.253 e. The molecule has 0 aliphatic rings. The Morgan fingerprint density at radius 1 is 1.33 bits per heavy atom. The van der Waals surface area contributed by atoms with E-state index in [2.05, 4.69) is 10.6 Å². The molecular formula is C10H20F2N2O. The van der Waals surface area contributed by atoms with Crippen LogP contribution in [0.5, 0.6) is 0 Å². The zero-order valence-electron chi connectivity index (χ0n) is 9.73. The van der Waals surface area contributed by atoms with E-state index in [1.54, 1.807) is 0 Å². The molecule has 0 spiro atoms. The summed E-state index contributed by atoms with van der Waals surface area (Å²) in [6.07, 6.45) is -2.18. The molecular weight excluding hydrogens is 202 g/mol. The molecule has 0 fully saturated rings. The van der Waals surface area contributed by atoms with Gasteiger partial charge in [-0.05, 0) is 27.7 Å². The van der Waals surface area contributed by atoms with Crippen LogP contribution in [0.1, 0.15) is 34.1 Å². The van der Waals surface area contributed by atoms with Crippen LogP contribution in [0.2, 0.25) is 0 Å². The third-order valence-corrected chi connectivity index (χ3v) is 1.71. The summed E-state index contributed by atoms with van der Waals surface area (Å²) in [5.41, 5.74) is -0.272. The molecule has 5 heteroatoms. The minimum atomic E-state index is -2.39. The molecule has 0 saturated heterocycles. The maximum absolute atomic E-state index is 12.1. The van der Waals surface area contributed by atoms with E-state index < -0.39 is 12.5 Å². The third kappa shape index (κ3) is 8.30. The van der Waals surface area contributed by atoms with Crippen LogP contribution >= 0.6 is 0 Å². The van der Waals surface area contributed by atoms with Gasteiger partial charge in [0.05, 0.1) is 6.04 Å². The Balaban J connectivity index is 3.65. The van der Waals surface area contributed by atoms with Crippen molar-refractivity contribution in [2.75, 3.05) is 6.54 Å². The Morgan fingerprint density at radius 2 is 1.87 bits per heavy atom. The number of carbonyl (C=O) groups is 1. The average molecular weight is 222 g/mol. The highest BCUT2D eigenvalue weighted by molar-refractivity contribution is 5.76. The van der Waals surface area contributed by atoms with E-state index in [9.17, 15) is 13.6 Å². The van der Waals surface area contributed by atoms with E-state index in [0.717, 1.165) is 0 Å². The molecule has 0 bridgehead atoms. The Bertz CT molecular complexity index is 202. The van der Waals surface area contributed by atoms with Crippen LogP contribution in [0.3, 0.4) is 0 Å². The van der Waals surface area contributed by atoms with Gasteiger partial charge in [-0.2, -0.15) is 0 Å². The number of hydrogen-bond acceptors (Lipinski definition) is 2. The van der Waals surface area contributed by atoms with Gasteiger partial charge in [0.15, 0.2) is 0 Å². The van der Waals surface area contributed by atoms with E-state index >= 15 is 0 Å². The molecule has 1 amide bonds. The van der Waals surface area contributed by atoms with E-state index in [1.807, 2.05) is 20.8 Å². The lowest BCUT2D eigenvalue weighted by Crippen LogP contribution is -2.42. The van der Waals surface area contributed by atoms with Gasteiger partial charge in [-0.1, -0.05) is 0 Å². The quantitative estimate of drug-likeness (QED) is 0.740. The summed E-state index contributed by atoms with van der Waals surface area (Å²) in [5.74, 6) is -0.128. The van der Waals surface area contributed by atoms with Crippen molar-refractivity contribution in [1.82, 2.24) is 10.6 Å². The summed E-state index contributed by atoms with van der Waals surface area (Å²) >= 11 is 0. The second kappa shape index (κ2) is 6.00. The molecule has 3 nitrogen and oxygen atoms in total. The molecule has 0 aromatic carbocycles. The van der Waals surface area contributed by atoms with E-state index in [0.29, 0.717) is 0 Å². The van der Waals surface area contributed by atoms with Crippen molar-refractivity contribution < 1.29 is 13.6 Å². The van der Waals surface area contributed by atoms with Crippen LogP contribution in [0, 0.1) is 0 Å². The molecule has 0 aromatic rings. The number of nitrogens with one attached hydrogen (secondary N) is 2. The molecule has 90 valence electrons. The summed E-state index contributed by atoms with van der Waals surface area (Å²) in [6, 6.07) is -0.868. The Labute approximate surface area is 89.6 Å². The van der Waals surface area contributed by atoms with Crippen LogP contribution in [0.15, 0.2) is 0 Å². The summed E-state index contributed by atoms with van der Waals surface area (Å²) in [4.78, 5) is 11.3. The van der Waals surface area contributed by atoms with E-state index in [1.165, 1.54) is 6.92 Å². The molecule has 0 rings (SSSR count). The van der Waals surface area contributed by atoms with Crippen LogP contribution in [-0.2, 0) is 4.79 Å².